The van der Waals surface area contributed by atoms with E-state index in [9.17, 15) is 9.90 Å². The molecular formula is C17H24O4. The highest BCUT2D eigenvalue weighted by molar-refractivity contribution is 5.66. The van der Waals surface area contributed by atoms with Gasteiger partial charge in [-0.25, -0.2) is 0 Å². The lowest BCUT2D eigenvalue weighted by Gasteiger charge is -2.43. The zero-order chi connectivity index (χ0) is 16.1. The fraction of sp³-hybridized carbons (Fsp3) is 0.706. The Labute approximate surface area is 126 Å². The highest BCUT2D eigenvalue weighted by Gasteiger charge is 2.67. The van der Waals surface area contributed by atoms with Crippen molar-refractivity contribution in [3.8, 4) is 12.3 Å². The summed E-state index contributed by atoms with van der Waals surface area (Å²) in [6.45, 7) is 9.32. The summed E-state index contributed by atoms with van der Waals surface area (Å²) in [5, 5.41) is 11.2. The highest BCUT2D eigenvalue weighted by atomic mass is 16.6. The molecule has 0 aromatic rings. The molecule has 1 saturated heterocycles. The summed E-state index contributed by atoms with van der Waals surface area (Å²) in [7, 11) is 0. The summed E-state index contributed by atoms with van der Waals surface area (Å²) in [6, 6.07) is 0. The number of rotatable bonds is 3. The zero-order valence-electron chi connectivity index (χ0n) is 13.4. The van der Waals surface area contributed by atoms with E-state index in [1.807, 2.05) is 6.92 Å². The Bertz CT molecular complexity index is 539. The standard InChI is InChI=1S/C17H24O4/c1-7-11(2)13(8-20-12(3)18)17(19)9-15(4,5)14-16(6,10-17)21-14/h1,14,19H,8-10H2,2-6H3/b13-11+. The second-order valence-electron chi connectivity index (χ2n) is 7.21. The van der Waals surface area contributed by atoms with E-state index in [2.05, 4.69) is 19.8 Å². The topological polar surface area (TPSA) is 59.1 Å². The second kappa shape index (κ2) is 4.86. The van der Waals surface area contributed by atoms with Crippen LogP contribution in [0.2, 0.25) is 0 Å². The molecule has 1 heterocycles. The summed E-state index contributed by atoms with van der Waals surface area (Å²) in [6.07, 6.45) is 6.67. The molecule has 0 aromatic heterocycles. The van der Waals surface area contributed by atoms with E-state index in [1.54, 1.807) is 6.92 Å². The van der Waals surface area contributed by atoms with E-state index < -0.39 is 5.60 Å². The van der Waals surface area contributed by atoms with Crippen LogP contribution in [0.15, 0.2) is 11.1 Å². The van der Waals surface area contributed by atoms with Crippen LogP contribution in [0, 0.1) is 17.8 Å². The summed E-state index contributed by atoms with van der Waals surface area (Å²) < 4.78 is 10.9. The number of hydrogen-bond donors (Lipinski definition) is 1. The van der Waals surface area contributed by atoms with Gasteiger partial charge in [0.2, 0.25) is 0 Å². The monoisotopic (exact) mass is 292 g/mol. The summed E-state index contributed by atoms with van der Waals surface area (Å²) in [5.41, 5.74) is -0.344. The first-order valence-corrected chi connectivity index (χ1v) is 7.24. The van der Waals surface area contributed by atoms with E-state index in [4.69, 9.17) is 15.9 Å². The van der Waals surface area contributed by atoms with Crippen LogP contribution < -0.4 is 0 Å². The summed E-state index contributed by atoms with van der Waals surface area (Å²) >= 11 is 0. The van der Waals surface area contributed by atoms with Crippen LogP contribution in [0.4, 0.5) is 0 Å². The number of allylic oxidation sites excluding steroid dienone is 1. The van der Waals surface area contributed by atoms with Crippen molar-refractivity contribution in [1.29, 1.82) is 0 Å². The predicted molar refractivity (Wildman–Crippen MR) is 79.4 cm³/mol. The first kappa shape index (κ1) is 16.1. The number of fused-ring (bicyclic) bond motifs is 1. The number of aliphatic hydroxyl groups is 1. The fourth-order valence-electron chi connectivity index (χ4n) is 3.91. The van der Waals surface area contributed by atoms with Gasteiger partial charge in [-0.15, -0.1) is 6.42 Å². The molecule has 1 aliphatic heterocycles. The van der Waals surface area contributed by atoms with Crippen molar-refractivity contribution in [3.05, 3.63) is 11.1 Å². The molecule has 1 aliphatic carbocycles. The smallest absolute Gasteiger partial charge is 0.302 e. The van der Waals surface area contributed by atoms with Crippen molar-refractivity contribution in [3.63, 3.8) is 0 Å². The van der Waals surface area contributed by atoms with Crippen LogP contribution in [-0.4, -0.2) is 35.0 Å². The van der Waals surface area contributed by atoms with Gasteiger partial charge in [-0.1, -0.05) is 19.8 Å². The molecule has 4 nitrogen and oxygen atoms in total. The van der Waals surface area contributed by atoms with E-state index in [0.717, 1.165) is 0 Å². The highest BCUT2D eigenvalue weighted by Crippen LogP contribution is 2.60. The van der Waals surface area contributed by atoms with Crippen molar-refractivity contribution in [2.24, 2.45) is 5.41 Å². The third kappa shape index (κ3) is 2.86. The molecule has 116 valence electrons. The maximum Gasteiger partial charge on any atom is 0.302 e. The first-order chi connectivity index (χ1) is 9.54. The Morgan fingerprint density at radius 2 is 2.00 bits per heavy atom. The molecule has 0 bridgehead atoms. The summed E-state index contributed by atoms with van der Waals surface area (Å²) in [4.78, 5) is 11.1. The summed E-state index contributed by atoms with van der Waals surface area (Å²) in [5.74, 6) is 2.18. The lowest BCUT2D eigenvalue weighted by molar-refractivity contribution is -0.140. The van der Waals surface area contributed by atoms with Crippen LogP contribution in [-0.2, 0) is 14.3 Å². The van der Waals surface area contributed by atoms with Gasteiger partial charge in [-0.3, -0.25) is 4.79 Å². The molecule has 2 fully saturated rings. The van der Waals surface area contributed by atoms with Crippen LogP contribution in [0.25, 0.3) is 0 Å². The van der Waals surface area contributed by atoms with Crippen LogP contribution in [0.5, 0.6) is 0 Å². The number of carbonyl (C=O) groups excluding carboxylic acids is 1. The van der Waals surface area contributed by atoms with Crippen LogP contribution in [0.3, 0.4) is 0 Å². The molecular weight excluding hydrogens is 268 g/mol. The molecule has 0 spiro atoms. The Morgan fingerprint density at radius 1 is 1.38 bits per heavy atom. The van der Waals surface area contributed by atoms with Crippen molar-refractivity contribution < 1.29 is 19.4 Å². The van der Waals surface area contributed by atoms with E-state index >= 15 is 0 Å². The maximum absolute atomic E-state index is 11.2. The van der Waals surface area contributed by atoms with Gasteiger partial charge in [0, 0.05) is 24.5 Å². The maximum atomic E-state index is 11.2. The Kier molecular flexibility index (Phi) is 3.72. The molecule has 21 heavy (non-hydrogen) atoms. The van der Waals surface area contributed by atoms with Crippen molar-refractivity contribution in [2.45, 2.75) is 64.8 Å². The van der Waals surface area contributed by atoms with Gasteiger partial charge in [0.1, 0.15) is 6.61 Å². The molecule has 2 rings (SSSR count). The van der Waals surface area contributed by atoms with E-state index in [-0.39, 0.29) is 29.7 Å². The Morgan fingerprint density at radius 3 is 2.48 bits per heavy atom. The largest absolute Gasteiger partial charge is 0.461 e. The lowest BCUT2D eigenvalue weighted by Crippen LogP contribution is -2.49. The number of epoxide rings is 1. The van der Waals surface area contributed by atoms with E-state index in [0.29, 0.717) is 24.0 Å². The van der Waals surface area contributed by atoms with Gasteiger partial charge < -0.3 is 14.6 Å². The molecule has 3 unspecified atom stereocenters. The van der Waals surface area contributed by atoms with Crippen molar-refractivity contribution in [1.82, 2.24) is 0 Å². The molecule has 0 radical (unpaired) electrons. The lowest BCUT2D eigenvalue weighted by atomic mass is 9.63. The van der Waals surface area contributed by atoms with Crippen LogP contribution >= 0.6 is 0 Å². The van der Waals surface area contributed by atoms with Crippen LogP contribution in [0.1, 0.15) is 47.5 Å². The van der Waals surface area contributed by atoms with Gasteiger partial charge in [0.05, 0.1) is 17.3 Å². The Balaban J connectivity index is 2.35. The van der Waals surface area contributed by atoms with E-state index in [1.165, 1.54) is 6.92 Å². The van der Waals surface area contributed by atoms with Gasteiger partial charge >= 0.3 is 5.97 Å². The zero-order valence-corrected chi connectivity index (χ0v) is 13.4. The number of hydrogen-bond acceptors (Lipinski definition) is 4. The minimum atomic E-state index is -1.10. The normalized spacial score (nSPS) is 37.9. The number of terminal acetylenes is 1. The molecule has 3 atom stereocenters. The second-order valence-corrected chi connectivity index (χ2v) is 7.21. The molecule has 2 aliphatic rings. The number of carbonyl (C=O) groups is 1. The fourth-order valence-corrected chi connectivity index (χ4v) is 3.91. The average Bonchev–Trinajstić information content (AvgIpc) is 2.99. The SMILES string of the molecule is C#C/C(C)=C(\COC(C)=O)C1(O)CC(C)(C)C2OC2(C)C1. The predicted octanol–water partition coefficient (Wildman–Crippen LogP) is 2.21. The third-order valence-electron chi connectivity index (χ3n) is 4.64. The van der Waals surface area contributed by atoms with Crippen molar-refractivity contribution in [2.75, 3.05) is 6.61 Å². The number of ether oxygens (including phenoxy) is 2. The Hall–Kier alpha value is -1.31. The minimum absolute atomic E-state index is 0.0265. The molecule has 1 saturated carbocycles. The number of esters is 1. The van der Waals surface area contributed by atoms with Gasteiger partial charge in [0.25, 0.3) is 0 Å². The van der Waals surface area contributed by atoms with Gasteiger partial charge in [-0.05, 0) is 25.7 Å². The third-order valence-corrected chi connectivity index (χ3v) is 4.64. The van der Waals surface area contributed by atoms with Gasteiger partial charge in [0.15, 0.2) is 0 Å². The molecule has 0 amide bonds. The minimum Gasteiger partial charge on any atom is -0.461 e. The average molecular weight is 292 g/mol. The quantitative estimate of drug-likeness (QED) is 0.492. The first-order valence-electron chi connectivity index (χ1n) is 7.24. The van der Waals surface area contributed by atoms with Gasteiger partial charge in [-0.2, -0.15) is 0 Å². The molecule has 4 heteroatoms. The molecule has 1 N–H and O–H groups in total. The van der Waals surface area contributed by atoms with Crippen molar-refractivity contribution >= 4 is 5.97 Å². The molecule has 0 aromatic carbocycles.